The Bertz CT molecular complexity index is 950. The van der Waals surface area contributed by atoms with E-state index in [0.717, 1.165) is 30.4 Å². The number of anilines is 1. The molecule has 29 heavy (non-hydrogen) atoms. The molecule has 1 fully saturated rings. The van der Waals surface area contributed by atoms with Crippen LogP contribution in [0, 0.1) is 18.8 Å². The first kappa shape index (κ1) is 20.8. The smallest absolute Gasteiger partial charge is 0.313 e. The average Bonchev–Trinajstić information content (AvgIpc) is 2.70. The Balaban J connectivity index is 1.80. The zero-order valence-corrected chi connectivity index (χ0v) is 17.3. The zero-order chi connectivity index (χ0) is 21.0. The molecule has 154 valence electrons. The maximum atomic E-state index is 12.7. The van der Waals surface area contributed by atoms with Gasteiger partial charge in [-0.2, -0.15) is 0 Å². The predicted octanol–water partition coefficient (Wildman–Crippen LogP) is 3.32. The van der Waals surface area contributed by atoms with Crippen LogP contribution in [0.5, 0.6) is 0 Å². The van der Waals surface area contributed by atoms with Crippen LogP contribution in [0.3, 0.4) is 0 Å². The number of pyridine rings is 1. The average molecular weight is 396 g/mol. The van der Waals surface area contributed by atoms with Gasteiger partial charge in [-0.15, -0.1) is 0 Å². The molecule has 0 unspecified atom stereocenters. The second-order valence-electron chi connectivity index (χ2n) is 8.13. The van der Waals surface area contributed by atoms with E-state index in [-0.39, 0.29) is 23.2 Å². The second kappa shape index (κ2) is 9.07. The van der Waals surface area contributed by atoms with Gasteiger partial charge in [0.2, 0.25) is 0 Å². The number of aryl methyl sites for hydroxylation is 2. The quantitative estimate of drug-likeness (QED) is 0.780. The van der Waals surface area contributed by atoms with Crippen molar-refractivity contribution in [3.63, 3.8) is 0 Å². The largest absolute Gasteiger partial charge is 0.341 e. The van der Waals surface area contributed by atoms with Crippen LogP contribution < -0.4 is 16.2 Å². The van der Waals surface area contributed by atoms with Crippen LogP contribution in [0.25, 0.3) is 0 Å². The van der Waals surface area contributed by atoms with Gasteiger partial charge in [0.25, 0.3) is 5.56 Å². The summed E-state index contributed by atoms with van der Waals surface area (Å²) < 4.78 is 1.35. The summed E-state index contributed by atoms with van der Waals surface area (Å²) >= 11 is 0. The van der Waals surface area contributed by atoms with E-state index in [1.807, 2.05) is 31.2 Å². The minimum absolute atomic E-state index is 0.0916. The second-order valence-corrected chi connectivity index (χ2v) is 8.13. The maximum Gasteiger partial charge on any atom is 0.313 e. The van der Waals surface area contributed by atoms with Gasteiger partial charge >= 0.3 is 11.8 Å². The highest BCUT2D eigenvalue weighted by Crippen LogP contribution is 2.38. The van der Waals surface area contributed by atoms with Crippen molar-refractivity contribution in [3.8, 4) is 0 Å². The number of benzene rings is 1. The number of nitrogens with zero attached hydrogens (tertiary/aromatic N) is 1. The number of hydrogen-bond acceptors (Lipinski definition) is 3. The van der Waals surface area contributed by atoms with Crippen LogP contribution in [0.1, 0.15) is 49.8 Å². The van der Waals surface area contributed by atoms with Gasteiger partial charge < -0.3 is 15.2 Å². The summed E-state index contributed by atoms with van der Waals surface area (Å²) in [5.41, 5.74) is 1.87. The number of aromatic nitrogens is 1. The monoisotopic (exact) mass is 395 g/mol. The summed E-state index contributed by atoms with van der Waals surface area (Å²) in [6, 6.07) is 10.9. The van der Waals surface area contributed by atoms with Gasteiger partial charge in [-0.05, 0) is 54.9 Å². The summed E-state index contributed by atoms with van der Waals surface area (Å²) in [4.78, 5) is 37.3. The number of carbonyl (C=O) groups is 2. The lowest BCUT2D eigenvalue weighted by Crippen LogP contribution is -2.42. The van der Waals surface area contributed by atoms with Gasteiger partial charge in [-0.25, -0.2) is 0 Å². The fraction of sp³-hybridized carbons (Fsp3) is 0.435. The molecule has 0 radical (unpaired) electrons. The Morgan fingerprint density at radius 1 is 1.10 bits per heavy atom. The molecule has 3 atom stereocenters. The Hall–Kier alpha value is -2.89. The van der Waals surface area contributed by atoms with Crippen molar-refractivity contribution in [3.05, 3.63) is 64.1 Å². The van der Waals surface area contributed by atoms with E-state index in [0.29, 0.717) is 5.92 Å². The number of rotatable bonds is 4. The molecule has 1 heterocycles. The molecule has 0 spiro atoms. The Morgan fingerprint density at radius 3 is 2.59 bits per heavy atom. The number of nitrogens with one attached hydrogen (secondary N) is 2. The summed E-state index contributed by atoms with van der Waals surface area (Å²) in [7, 11) is 1.59. The van der Waals surface area contributed by atoms with Crippen molar-refractivity contribution in [1.82, 2.24) is 9.88 Å². The molecule has 6 nitrogen and oxygen atoms in total. The van der Waals surface area contributed by atoms with E-state index < -0.39 is 11.8 Å². The fourth-order valence-electron chi connectivity index (χ4n) is 4.25. The fourth-order valence-corrected chi connectivity index (χ4v) is 4.25. The molecule has 2 aromatic rings. The molecule has 1 saturated carbocycles. The van der Waals surface area contributed by atoms with Crippen molar-refractivity contribution in [2.75, 3.05) is 5.32 Å². The summed E-state index contributed by atoms with van der Waals surface area (Å²) in [6.45, 7) is 4.26. The van der Waals surface area contributed by atoms with Gasteiger partial charge in [0.05, 0.1) is 6.04 Å². The van der Waals surface area contributed by atoms with Gasteiger partial charge in [0, 0.05) is 13.2 Å². The number of amides is 2. The zero-order valence-electron chi connectivity index (χ0n) is 17.3. The topological polar surface area (TPSA) is 80.2 Å². The van der Waals surface area contributed by atoms with E-state index in [1.54, 1.807) is 19.3 Å². The predicted molar refractivity (Wildman–Crippen MR) is 113 cm³/mol. The minimum Gasteiger partial charge on any atom is -0.341 e. The lowest BCUT2D eigenvalue weighted by Gasteiger charge is -2.34. The van der Waals surface area contributed by atoms with Crippen LogP contribution in [0.15, 0.2) is 47.4 Å². The number of hydrogen-bond donors (Lipinski definition) is 2. The van der Waals surface area contributed by atoms with Crippen LogP contribution >= 0.6 is 0 Å². The van der Waals surface area contributed by atoms with Crippen molar-refractivity contribution < 1.29 is 9.59 Å². The van der Waals surface area contributed by atoms with Crippen molar-refractivity contribution in [1.29, 1.82) is 0 Å². The van der Waals surface area contributed by atoms with Gasteiger partial charge in [-0.1, -0.05) is 44.0 Å². The molecule has 1 aromatic heterocycles. The third kappa shape index (κ3) is 4.94. The van der Waals surface area contributed by atoms with Crippen LogP contribution in [0.2, 0.25) is 0 Å². The first-order chi connectivity index (χ1) is 13.9. The minimum atomic E-state index is -0.823. The highest BCUT2D eigenvalue weighted by molar-refractivity contribution is 6.39. The molecule has 3 rings (SSSR count). The Kier molecular flexibility index (Phi) is 6.52. The van der Waals surface area contributed by atoms with Crippen molar-refractivity contribution in [2.24, 2.45) is 18.9 Å². The Morgan fingerprint density at radius 2 is 1.86 bits per heavy atom. The molecule has 0 bridgehead atoms. The molecule has 6 heteroatoms. The molecule has 1 aliphatic carbocycles. The first-order valence-electron chi connectivity index (χ1n) is 10.2. The first-order valence-corrected chi connectivity index (χ1v) is 10.2. The molecule has 0 aliphatic heterocycles. The van der Waals surface area contributed by atoms with Crippen molar-refractivity contribution >= 4 is 17.5 Å². The summed E-state index contributed by atoms with van der Waals surface area (Å²) in [6.07, 6.45) is 5.94. The highest BCUT2D eigenvalue weighted by Gasteiger charge is 2.31. The lowest BCUT2D eigenvalue weighted by atomic mass is 9.76. The molecule has 2 amide bonds. The molecule has 2 N–H and O–H groups in total. The lowest BCUT2D eigenvalue weighted by molar-refractivity contribution is -0.137. The van der Waals surface area contributed by atoms with Crippen molar-refractivity contribution in [2.45, 2.75) is 45.6 Å². The molecular weight excluding hydrogens is 366 g/mol. The van der Waals surface area contributed by atoms with Crippen LogP contribution in [-0.2, 0) is 16.6 Å². The SMILES string of the molecule is Cc1ccccc1[C@H](NC(=O)C(=O)Nc1cccn(C)c1=O)[C@@H]1CCC[C@H](C)C1. The maximum absolute atomic E-state index is 12.7. The standard InChI is InChI=1S/C23H29N3O3/c1-15-8-6-10-17(14-15)20(18-11-5-4-9-16(18)2)25-22(28)21(27)24-19-12-7-13-26(3)23(19)29/h4-5,7,9,11-13,15,17,20H,6,8,10,14H2,1-3H3,(H,24,27)(H,25,28)/t15-,17+,20+/m0/s1. The van der Waals surface area contributed by atoms with E-state index >= 15 is 0 Å². The van der Waals surface area contributed by atoms with E-state index in [2.05, 4.69) is 17.6 Å². The number of carbonyl (C=O) groups excluding carboxylic acids is 2. The molecular formula is C23H29N3O3. The van der Waals surface area contributed by atoms with E-state index in [1.165, 1.54) is 17.1 Å². The summed E-state index contributed by atoms with van der Waals surface area (Å²) in [5.74, 6) is -0.669. The molecule has 1 aromatic carbocycles. The molecule has 0 saturated heterocycles. The van der Waals surface area contributed by atoms with Gasteiger partial charge in [-0.3, -0.25) is 14.4 Å². The van der Waals surface area contributed by atoms with Gasteiger partial charge in [0.15, 0.2) is 0 Å². The summed E-state index contributed by atoms with van der Waals surface area (Å²) in [5, 5.41) is 5.41. The molecule has 1 aliphatic rings. The van der Waals surface area contributed by atoms with Crippen LogP contribution in [0.4, 0.5) is 5.69 Å². The third-order valence-corrected chi connectivity index (χ3v) is 5.84. The van der Waals surface area contributed by atoms with E-state index in [4.69, 9.17) is 0 Å². The van der Waals surface area contributed by atoms with Gasteiger partial charge in [0.1, 0.15) is 5.69 Å². The normalized spacial score (nSPS) is 20.0. The third-order valence-electron chi connectivity index (χ3n) is 5.84. The van der Waals surface area contributed by atoms with Crippen LogP contribution in [-0.4, -0.2) is 16.4 Å². The van der Waals surface area contributed by atoms with E-state index in [9.17, 15) is 14.4 Å². The highest BCUT2D eigenvalue weighted by atomic mass is 16.2. The Labute approximate surface area is 171 Å².